The third kappa shape index (κ3) is 2.67. The SMILES string of the molecule is CCN(C(=O)Cn1cnc(Cl)c(Cl)c1=O)C1CC1. The van der Waals surface area contributed by atoms with Crippen molar-refractivity contribution >= 4 is 29.1 Å². The first-order valence-corrected chi connectivity index (χ1v) is 6.50. The van der Waals surface area contributed by atoms with Gasteiger partial charge < -0.3 is 4.90 Å². The molecule has 0 N–H and O–H groups in total. The van der Waals surface area contributed by atoms with Gasteiger partial charge in [0.2, 0.25) is 5.91 Å². The number of aromatic nitrogens is 2. The summed E-state index contributed by atoms with van der Waals surface area (Å²) in [6.45, 7) is 2.52. The van der Waals surface area contributed by atoms with Crippen LogP contribution >= 0.6 is 23.2 Å². The van der Waals surface area contributed by atoms with Crippen molar-refractivity contribution in [3.05, 3.63) is 26.9 Å². The first-order valence-electron chi connectivity index (χ1n) is 5.74. The largest absolute Gasteiger partial charge is 0.338 e. The van der Waals surface area contributed by atoms with E-state index in [1.807, 2.05) is 6.92 Å². The summed E-state index contributed by atoms with van der Waals surface area (Å²) in [5, 5.41) is -0.193. The summed E-state index contributed by atoms with van der Waals surface area (Å²) < 4.78 is 1.18. The Bertz CT molecular complexity index is 526. The Morgan fingerprint density at radius 3 is 2.78 bits per heavy atom. The molecule has 1 aliphatic carbocycles. The third-order valence-corrected chi connectivity index (χ3v) is 3.62. The van der Waals surface area contributed by atoms with Gasteiger partial charge in [-0.15, -0.1) is 0 Å². The third-order valence-electron chi connectivity index (χ3n) is 2.89. The zero-order valence-electron chi connectivity index (χ0n) is 9.90. The van der Waals surface area contributed by atoms with Crippen LogP contribution in [0.3, 0.4) is 0 Å². The van der Waals surface area contributed by atoms with E-state index in [1.54, 1.807) is 4.90 Å². The maximum absolute atomic E-state index is 12.0. The normalized spacial score (nSPS) is 14.6. The molecule has 1 saturated carbocycles. The van der Waals surface area contributed by atoms with Gasteiger partial charge in [-0.1, -0.05) is 23.2 Å². The van der Waals surface area contributed by atoms with Gasteiger partial charge in [-0.2, -0.15) is 0 Å². The quantitative estimate of drug-likeness (QED) is 0.791. The highest BCUT2D eigenvalue weighted by atomic mass is 35.5. The van der Waals surface area contributed by atoms with Gasteiger partial charge in [-0.3, -0.25) is 14.2 Å². The predicted octanol–water partition coefficient (Wildman–Crippen LogP) is 1.56. The molecular weight excluding hydrogens is 277 g/mol. The van der Waals surface area contributed by atoms with Gasteiger partial charge >= 0.3 is 0 Å². The minimum absolute atomic E-state index is 0.0418. The predicted molar refractivity (Wildman–Crippen MR) is 68.9 cm³/mol. The first kappa shape index (κ1) is 13.4. The Morgan fingerprint density at radius 2 is 2.22 bits per heavy atom. The molecule has 0 bridgehead atoms. The summed E-state index contributed by atoms with van der Waals surface area (Å²) in [6.07, 6.45) is 3.32. The number of carbonyl (C=O) groups excluding carboxylic acids is 1. The van der Waals surface area contributed by atoms with Gasteiger partial charge in [0.1, 0.15) is 11.6 Å². The van der Waals surface area contributed by atoms with Crippen LogP contribution in [0.2, 0.25) is 10.2 Å². The molecule has 0 radical (unpaired) electrons. The van der Waals surface area contributed by atoms with Crippen LogP contribution in [0, 0.1) is 0 Å². The minimum Gasteiger partial charge on any atom is -0.338 e. The zero-order chi connectivity index (χ0) is 13.3. The molecule has 2 rings (SSSR count). The van der Waals surface area contributed by atoms with Gasteiger partial charge in [0, 0.05) is 12.6 Å². The molecule has 98 valence electrons. The molecule has 1 fully saturated rings. The van der Waals surface area contributed by atoms with E-state index in [9.17, 15) is 9.59 Å². The summed E-state index contributed by atoms with van der Waals surface area (Å²) in [5.74, 6) is -0.0951. The monoisotopic (exact) mass is 289 g/mol. The van der Waals surface area contributed by atoms with E-state index in [-0.39, 0.29) is 22.6 Å². The van der Waals surface area contributed by atoms with Crippen LogP contribution in [0.5, 0.6) is 0 Å². The Hall–Kier alpha value is -1.07. The van der Waals surface area contributed by atoms with Crippen molar-refractivity contribution in [1.29, 1.82) is 0 Å². The molecular formula is C11H13Cl2N3O2. The fourth-order valence-corrected chi connectivity index (χ4v) is 2.10. The molecule has 0 aromatic carbocycles. The molecule has 0 unspecified atom stereocenters. The summed E-state index contributed by atoms with van der Waals surface area (Å²) in [7, 11) is 0. The van der Waals surface area contributed by atoms with Crippen molar-refractivity contribution in [1.82, 2.24) is 14.5 Å². The van der Waals surface area contributed by atoms with Crippen LogP contribution < -0.4 is 5.56 Å². The Labute approximate surface area is 114 Å². The molecule has 1 heterocycles. The number of hydrogen-bond acceptors (Lipinski definition) is 3. The van der Waals surface area contributed by atoms with Crippen molar-refractivity contribution < 1.29 is 4.79 Å². The highest BCUT2D eigenvalue weighted by molar-refractivity contribution is 6.40. The van der Waals surface area contributed by atoms with Crippen LogP contribution in [0.1, 0.15) is 19.8 Å². The van der Waals surface area contributed by atoms with E-state index in [4.69, 9.17) is 23.2 Å². The van der Waals surface area contributed by atoms with Crippen molar-refractivity contribution in [3.8, 4) is 0 Å². The fraction of sp³-hybridized carbons (Fsp3) is 0.545. The molecule has 1 amide bonds. The molecule has 1 aromatic rings. The standard InChI is InChI=1S/C11H13Cl2N3O2/c1-2-16(7-3-4-7)8(17)5-15-6-14-10(13)9(12)11(15)18/h6-7H,2-5H2,1H3. The van der Waals surface area contributed by atoms with Crippen LogP contribution in [-0.4, -0.2) is 32.9 Å². The van der Waals surface area contributed by atoms with Gasteiger partial charge in [0.05, 0.1) is 6.33 Å². The Kier molecular flexibility index (Phi) is 3.92. The molecule has 0 atom stereocenters. The molecule has 1 aromatic heterocycles. The van der Waals surface area contributed by atoms with Crippen molar-refractivity contribution in [2.24, 2.45) is 0 Å². The minimum atomic E-state index is -0.489. The second-order valence-corrected chi connectivity index (χ2v) is 4.93. The van der Waals surface area contributed by atoms with Crippen LogP contribution in [0.15, 0.2) is 11.1 Å². The average Bonchev–Trinajstić information content (AvgIpc) is 3.15. The molecule has 0 aliphatic heterocycles. The number of nitrogens with zero attached hydrogens (tertiary/aromatic N) is 3. The average molecular weight is 290 g/mol. The summed E-state index contributed by atoms with van der Waals surface area (Å²) in [6, 6.07) is 0.328. The number of halogens is 2. The van der Waals surface area contributed by atoms with E-state index in [2.05, 4.69) is 4.98 Å². The maximum Gasteiger partial charge on any atom is 0.274 e. The molecule has 0 saturated heterocycles. The van der Waals surface area contributed by atoms with Crippen LogP contribution in [-0.2, 0) is 11.3 Å². The second-order valence-electron chi connectivity index (χ2n) is 4.19. The highest BCUT2D eigenvalue weighted by Gasteiger charge is 2.31. The number of carbonyl (C=O) groups is 1. The van der Waals surface area contributed by atoms with E-state index in [0.717, 1.165) is 12.8 Å². The lowest BCUT2D eigenvalue weighted by atomic mass is 10.4. The topological polar surface area (TPSA) is 55.2 Å². The van der Waals surface area contributed by atoms with Crippen LogP contribution in [0.25, 0.3) is 0 Å². The zero-order valence-corrected chi connectivity index (χ0v) is 11.4. The smallest absolute Gasteiger partial charge is 0.274 e. The molecule has 1 aliphatic rings. The van der Waals surface area contributed by atoms with Crippen molar-refractivity contribution in [2.75, 3.05) is 6.54 Å². The van der Waals surface area contributed by atoms with Gasteiger partial charge in [0.25, 0.3) is 5.56 Å². The number of rotatable bonds is 4. The number of hydrogen-bond donors (Lipinski definition) is 0. The van der Waals surface area contributed by atoms with E-state index >= 15 is 0 Å². The molecule has 18 heavy (non-hydrogen) atoms. The van der Waals surface area contributed by atoms with E-state index < -0.39 is 5.56 Å². The van der Waals surface area contributed by atoms with E-state index in [0.29, 0.717) is 12.6 Å². The van der Waals surface area contributed by atoms with Gasteiger partial charge in [-0.05, 0) is 19.8 Å². The summed E-state index contributed by atoms with van der Waals surface area (Å²) >= 11 is 11.3. The highest BCUT2D eigenvalue weighted by Crippen LogP contribution is 2.26. The second kappa shape index (κ2) is 5.28. The number of amides is 1. The molecule has 5 nitrogen and oxygen atoms in total. The van der Waals surface area contributed by atoms with Gasteiger partial charge in [0.15, 0.2) is 5.15 Å². The lowest BCUT2D eigenvalue weighted by Gasteiger charge is -2.20. The van der Waals surface area contributed by atoms with E-state index in [1.165, 1.54) is 10.9 Å². The summed E-state index contributed by atoms with van der Waals surface area (Å²) in [5.41, 5.74) is -0.489. The molecule has 0 spiro atoms. The number of likely N-dealkylation sites (N-methyl/N-ethyl adjacent to an activating group) is 1. The van der Waals surface area contributed by atoms with Crippen molar-refractivity contribution in [3.63, 3.8) is 0 Å². The van der Waals surface area contributed by atoms with Gasteiger partial charge in [-0.25, -0.2) is 4.98 Å². The Morgan fingerprint density at radius 1 is 1.56 bits per heavy atom. The lowest BCUT2D eigenvalue weighted by molar-refractivity contribution is -0.132. The van der Waals surface area contributed by atoms with Crippen molar-refractivity contribution in [2.45, 2.75) is 32.4 Å². The first-order chi connectivity index (χ1) is 8.54. The fourth-order valence-electron chi connectivity index (χ4n) is 1.82. The lowest BCUT2D eigenvalue weighted by Crippen LogP contribution is -2.38. The van der Waals surface area contributed by atoms with Crippen LogP contribution in [0.4, 0.5) is 0 Å². The maximum atomic E-state index is 12.0. The Balaban J connectivity index is 2.16. The molecule has 7 heteroatoms. The summed E-state index contributed by atoms with van der Waals surface area (Å²) in [4.78, 5) is 29.3.